The van der Waals surface area contributed by atoms with Crippen LogP contribution in [0.1, 0.15) is 23.2 Å². The first kappa shape index (κ1) is 14.3. The molecule has 1 unspecified atom stereocenters. The zero-order chi connectivity index (χ0) is 14.8. The fourth-order valence-corrected chi connectivity index (χ4v) is 3.46. The van der Waals surface area contributed by atoms with Crippen LogP contribution in [0.4, 0.5) is 5.82 Å². The molecule has 0 radical (unpaired) electrons. The standard InChI is InChI=1S/C16H23N5/c1-12-9-13(2)19-16(15(12)10-17)21-6-3-14(11-21)20-7-4-18-5-8-20/h9,14,18H,3-8,11H2,1-2H3. The maximum Gasteiger partial charge on any atom is 0.147 e. The molecule has 1 atom stereocenters. The molecule has 5 heteroatoms. The van der Waals surface area contributed by atoms with Gasteiger partial charge in [0.2, 0.25) is 0 Å². The van der Waals surface area contributed by atoms with Crippen molar-refractivity contribution in [1.29, 1.82) is 5.26 Å². The smallest absolute Gasteiger partial charge is 0.147 e. The van der Waals surface area contributed by atoms with Crippen LogP contribution in [0.25, 0.3) is 0 Å². The van der Waals surface area contributed by atoms with Crippen molar-refractivity contribution in [1.82, 2.24) is 15.2 Å². The Morgan fingerprint density at radius 2 is 2.05 bits per heavy atom. The fraction of sp³-hybridized carbons (Fsp3) is 0.625. The second-order valence-corrected chi connectivity index (χ2v) is 6.07. The van der Waals surface area contributed by atoms with Crippen LogP contribution >= 0.6 is 0 Å². The molecule has 1 N–H and O–H groups in total. The third kappa shape index (κ3) is 2.87. The van der Waals surface area contributed by atoms with Gasteiger partial charge >= 0.3 is 0 Å². The maximum absolute atomic E-state index is 9.43. The van der Waals surface area contributed by atoms with Gasteiger partial charge in [0.05, 0.1) is 5.56 Å². The molecule has 21 heavy (non-hydrogen) atoms. The molecular weight excluding hydrogens is 262 g/mol. The third-order valence-corrected chi connectivity index (χ3v) is 4.57. The number of aryl methyl sites for hydroxylation is 2. The highest BCUT2D eigenvalue weighted by atomic mass is 15.3. The first-order valence-electron chi connectivity index (χ1n) is 7.77. The van der Waals surface area contributed by atoms with Crippen molar-refractivity contribution in [3.05, 3.63) is 22.9 Å². The predicted octanol–water partition coefficient (Wildman–Crippen LogP) is 1.05. The van der Waals surface area contributed by atoms with Gasteiger partial charge in [-0.3, -0.25) is 4.90 Å². The molecule has 0 aliphatic carbocycles. The monoisotopic (exact) mass is 285 g/mol. The van der Waals surface area contributed by atoms with Gasteiger partial charge in [0, 0.05) is 51.0 Å². The molecule has 1 aromatic heterocycles. The van der Waals surface area contributed by atoms with Gasteiger partial charge in [-0.2, -0.15) is 5.26 Å². The van der Waals surface area contributed by atoms with Gasteiger partial charge in [0.25, 0.3) is 0 Å². The number of piperazine rings is 1. The highest BCUT2D eigenvalue weighted by molar-refractivity contribution is 5.58. The minimum absolute atomic E-state index is 0.598. The van der Waals surface area contributed by atoms with Gasteiger partial charge in [-0.15, -0.1) is 0 Å². The highest BCUT2D eigenvalue weighted by Gasteiger charge is 2.30. The molecule has 2 fully saturated rings. The Labute approximate surface area is 126 Å². The first-order chi connectivity index (χ1) is 10.2. The van der Waals surface area contributed by atoms with Crippen molar-refractivity contribution in [3.8, 4) is 6.07 Å². The molecule has 0 bridgehead atoms. The molecule has 1 aromatic rings. The fourth-order valence-electron chi connectivity index (χ4n) is 3.46. The number of anilines is 1. The van der Waals surface area contributed by atoms with Crippen LogP contribution in [0.3, 0.4) is 0 Å². The van der Waals surface area contributed by atoms with E-state index in [1.165, 1.54) is 6.42 Å². The number of nitriles is 1. The summed E-state index contributed by atoms with van der Waals surface area (Å²) in [5.74, 6) is 0.882. The Kier molecular flexibility index (Phi) is 4.09. The number of rotatable bonds is 2. The molecule has 5 nitrogen and oxygen atoms in total. The van der Waals surface area contributed by atoms with Crippen molar-refractivity contribution in [3.63, 3.8) is 0 Å². The maximum atomic E-state index is 9.43. The lowest BCUT2D eigenvalue weighted by Gasteiger charge is -2.32. The Morgan fingerprint density at radius 3 is 2.76 bits per heavy atom. The van der Waals surface area contributed by atoms with Crippen molar-refractivity contribution in [2.45, 2.75) is 26.3 Å². The topological polar surface area (TPSA) is 55.2 Å². The summed E-state index contributed by atoms with van der Waals surface area (Å²) < 4.78 is 0. The van der Waals surface area contributed by atoms with Crippen LogP contribution in [-0.2, 0) is 0 Å². The lowest BCUT2D eigenvalue weighted by molar-refractivity contribution is 0.185. The van der Waals surface area contributed by atoms with E-state index in [1.54, 1.807) is 0 Å². The van der Waals surface area contributed by atoms with E-state index in [9.17, 15) is 5.26 Å². The van der Waals surface area contributed by atoms with E-state index in [0.717, 1.165) is 61.9 Å². The van der Waals surface area contributed by atoms with E-state index in [2.05, 4.69) is 26.2 Å². The van der Waals surface area contributed by atoms with Gasteiger partial charge < -0.3 is 10.2 Å². The van der Waals surface area contributed by atoms with Crippen LogP contribution in [0.15, 0.2) is 6.07 Å². The highest BCUT2D eigenvalue weighted by Crippen LogP contribution is 2.27. The summed E-state index contributed by atoms with van der Waals surface area (Å²) in [7, 11) is 0. The van der Waals surface area contributed by atoms with Gasteiger partial charge in [-0.1, -0.05) is 0 Å². The van der Waals surface area contributed by atoms with Crippen LogP contribution in [-0.4, -0.2) is 55.2 Å². The van der Waals surface area contributed by atoms with Crippen LogP contribution in [0, 0.1) is 25.2 Å². The zero-order valence-electron chi connectivity index (χ0n) is 12.9. The Balaban J connectivity index is 1.78. The molecule has 0 amide bonds. The molecule has 2 aliphatic rings. The van der Waals surface area contributed by atoms with Crippen molar-refractivity contribution in [2.24, 2.45) is 0 Å². The van der Waals surface area contributed by atoms with Crippen LogP contribution in [0.2, 0.25) is 0 Å². The molecule has 2 aliphatic heterocycles. The number of hydrogen-bond donors (Lipinski definition) is 1. The molecule has 3 heterocycles. The normalized spacial score (nSPS) is 23.3. The summed E-state index contributed by atoms with van der Waals surface area (Å²) in [5.41, 5.74) is 2.76. The summed E-state index contributed by atoms with van der Waals surface area (Å²) in [5, 5.41) is 12.8. The summed E-state index contributed by atoms with van der Waals surface area (Å²) in [6.45, 7) is 10.4. The Hall–Kier alpha value is -1.64. The van der Waals surface area contributed by atoms with E-state index in [1.807, 2.05) is 19.9 Å². The lowest BCUT2D eigenvalue weighted by atomic mass is 10.1. The van der Waals surface area contributed by atoms with Crippen LogP contribution in [0.5, 0.6) is 0 Å². The lowest BCUT2D eigenvalue weighted by Crippen LogP contribution is -2.49. The Morgan fingerprint density at radius 1 is 1.29 bits per heavy atom. The second kappa shape index (κ2) is 6.00. The molecule has 112 valence electrons. The number of pyridine rings is 1. The predicted molar refractivity (Wildman–Crippen MR) is 83.5 cm³/mol. The van der Waals surface area contributed by atoms with Gasteiger partial charge in [-0.05, 0) is 31.9 Å². The molecule has 3 rings (SSSR count). The minimum atomic E-state index is 0.598. The van der Waals surface area contributed by atoms with Gasteiger partial charge in [-0.25, -0.2) is 4.98 Å². The van der Waals surface area contributed by atoms with E-state index < -0.39 is 0 Å². The molecule has 0 saturated carbocycles. The third-order valence-electron chi connectivity index (χ3n) is 4.57. The van der Waals surface area contributed by atoms with Crippen molar-refractivity contribution < 1.29 is 0 Å². The van der Waals surface area contributed by atoms with Crippen molar-refractivity contribution in [2.75, 3.05) is 44.2 Å². The van der Waals surface area contributed by atoms with E-state index in [4.69, 9.17) is 0 Å². The summed E-state index contributed by atoms with van der Waals surface area (Å²) >= 11 is 0. The number of nitrogens with one attached hydrogen (secondary N) is 1. The second-order valence-electron chi connectivity index (χ2n) is 6.07. The van der Waals surface area contributed by atoms with Gasteiger partial charge in [0.15, 0.2) is 0 Å². The summed E-state index contributed by atoms with van der Waals surface area (Å²) in [4.78, 5) is 9.51. The SMILES string of the molecule is Cc1cc(C)c(C#N)c(N2CCC(N3CCNCC3)C2)n1. The first-order valence-corrected chi connectivity index (χ1v) is 7.77. The quantitative estimate of drug-likeness (QED) is 0.880. The molecule has 0 aromatic carbocycles. The Bertz CT molecular complexity index is 557. The van der Waals surface area contributed by atoms with Crippen molar-refractivity contribution >= 4 is 5.82 Å². The largest absolute Gasteiger partial charge is 0.354 e. The summed E-state index contributed by atoms with van der Waals surface area (Å²) in [6.07, 6.45) is 1.17. The molecule has 0 spiro atoms. The number of hydrogen-bond acceptors (Lipinski definition) is 5. The average Bonchev–Trinajstić information content (AvgIpc) is 2.97. The molecule has 2 saturated heterocycles. The zero-order valence-corrected chi connectivity index (χ0v) is 12.9. The van der Waals surface area contributed by atoms with Gasteiger partial charge in [0.1, 0.15) is 11.9 Å². The number of nitrogens with zero attached hydrogens (tertiary/aromatic N) is 4. The summed E-state index contributed by atoms with van der Waals surface area (Å²) in [6, 6.07) is 4.92. The van der Waals surface area contributed by atoms with E-state index >= 15 is 0 Å². The molecular formula is C16H23N5. The van der Waals surface area contributed by atoms with E-state index in [0.29, 0.717) is 6.04 Å². The average molecular weight is 285 g/mol. The minimum Gasteiger partial charge on any atom is -0.354 e. The number of aromatic nitrogens is 1. The van der Waals surface area contributed by atoms with E-state index in [-0.39, 0.29) is 0 Å². The van der Waals surface area contributed by atoms with Crippen LogP contribution < -0.4 is 10.2 Å².